The average Bonchev–Trinajstić information content (AvgIpc) is 3.35. The molecular formula is C23H24BrNO4. The Kier molecular flexibility index (Phi) is 4.50. The highest BCUT2D eigenvalue weighted by molar-refractivity contribution is 9.10. The Labute approximate surface area is 178 Å². The van der Waals surface area contributed by atoms with E-state index in [2.05, 4.69) is 27.3 Å². The van der Waals surface area contributed by atoms with Crippen molar-refractivity contribution in [1.29, 1.82) is 0 Å². The van der Waals surface area contributed by atoms with Gasteiger partial charge in [-0.05, 0) is 84.4 Å². The first-order valence-electron chi connectivity index (χ1n) is 10.1. The van der Waals surface area contributed by atoms with E-state index in [1.165, 1.54) is 24.8 Å². The number of carboxylic acid groups (broad SMARTS) is 1. The van der Waals surface area contributed by atoms with Crippen molar-refractivity contribution in [2.24, 2.45) is 17.8 Å². The van der Waals surface area contributed by atoms with Crippen molar-refractivity contribution in [1.82, 2.24) is 0 Å². The molecule has 1 aliphatic heterocycles. The number of hydrogen-bond donors (Lipinski definition) is 2. The third-order valence-electron chi connectivity index (χ3n) is 7.17. The summed E-state index contributed by atoms with van der Waals surface area (Å²) in [5.74, 6) is 2.70. The van der Waals surface area contributed by atoms with Gasteiger partial charge in [0.05, 0.1) is 25.8 Å². The van der Waals surface area contributed by atoms with E-state index in [4.69, 9.17) is 9.47 Å². The highest BCUT2D eigenvalue weighted by atomic mass is 79.9. The van der Waals surface area contributed by atoms with Crippen LogP contribution in [-0.4, -0.2) is 25.3 Å². The number of benzene rings is 2. The smallest absolute Gasteiger partial charge is 0.335 e. The molecule has 6 heteroatoms. The standard InChI is InChI=1S/C23H24BrNO4/c1-28-18-9-14(16(24)10-19(18)29-2)22-21-12-4-3-11(7-12)20(21)15-8-13(23(26)27)5-6-17(15)25-22/h5-6,8-12,20-22,25H,3-4,7H2,1-2H3,(H,26,27)/t11-,12-,20-,21+,22-/m0/s1. The Morgan fingerprint density at radius 2 is 1.79 bits per heavy atom. The van der Waals surface area contributed by atoms with E-state index in [0.717, 1.165) is 21.5 Å². The van der Waals surface area contributed by atoms with Gasteiger partial charge in [0.25, 0.3) is 0 Å². The van der Waals surface area contributed by atoms with Gasteiger partial charge in [-0.1, -0.05) is 15.9 Å². The molecule has 3 aliphatic rings. The Bertz CT molecular complexity index is 991. The number of rotatable bonds is 4. The highest BCUT2D eigenvalue weighted by Gasteiger charge is 2.54. The fourth-order valence-electron chi connectivity index (χ4n) is 6.04. The molecule has 152 valence electrons. The second-order valence-electron chi connectivity index (χ2n) is 8.39. The van der Waals surface area contributed by atoms with Gasteiger partial charge in [-0.25, -0.2) is 4.79 Å². The SMILES string of the molecule is COc1cc(Br)c([C@@H]2Nc3ccc(C(=O)O)cc3[C@@H]3[C@H]4CC[C@@H](C4)[C@H]32)cc1OC. The molecule has 29 heavy (non-hydrogen) atoms. The fourth-order valence-corrected chi connectivity index (χ4v) is 6.61. The number of ether oxygens (including phenoxy) is 2. The summed E-state index contributed by atoms with van der Waals surface area (Å²) >= 11 is 3.75. The van der Waals surface area contributed by atoms with Crippen LogP contribution in [0.4, 0.5) is 5.69 Å². The zero-order valence-electron chi connectivity index (χ0n) is 16.4. The topological polar surface area (TPSA) is 67.8 Å². The number of nitrogens with one attached hydrogen (secondary N) is 1. The van der Waals surface area contributed by atoms with Crippen molar-refractivity contribution in [2.75, 3.05) is 19.5 Å². The summed E-state index contributed by atoms with van der Waals surface area (Å²) in [6.45, 7) is 0. The number of carbonyl (C=O) groups is 1. The number of aromatic carboxylic acids is 1. The largest absolute Gasteiger partial charge is 0.493 e. The molecule has 0 spiro atoms. The molecule has 2 aliphatic carbocycles. The van der Waals surface area contributed by atoms with Crippen LogP contribution in [0.1, 0.15) is 52.7 Å². The van der Waals surface area contributed by atoms with Crippen molar-refractivity contribution in [3.8, 4) is 11.5 Å². The number of methoxy groups -OCH3 is 2. The first-order chi connectivity index (χ1) is 14.0. The van der Waals surface area contributed by atoms with Crippen LogP contribution in [0.15, 0.2) is 34.8 Å². The minimum absolute atomic E-state index is 0.146. The van der Waals surface area contributed by atoms with Crippen LogP contribution in [0.5, 0.6) is 11.5 Å². The van der Waals surface area contributed by atoms with Gasteiger partial charge >= 0.3 is 5.97 Å². The molecule has 2 saturated carbocycles. The Morgan fingerprint density at radius 3 is 2.52 bits per heavy atom. The van der Waals surface area contributed by atoms with E-state index in [9.17, 15) is 9.90 Å². The van der Waals surface area contributed by atoms with Gasteiger partial charge in [0, 0.05) is 10.2 Å². The van der Waals surface area contributed by atoms with E-state index in [1.54, 1.807) is 20.3 Å². The van der Waals surface area contributed by atoms with Crippen LogP contribution in [0.2, 0.25) is 0 Å². The van der Waals surface area contributed by atoms with Crippen LogP contribution >= 0.6 is 15.9 Å². The zero-order chi connectivity index (χ0) is 20.3. The molecule has 0 saturated heterocycles. The second-order valence-corrected chi connectivity index (χ2v) is 9.25. The molecular weight excluding hydrogens is 434 g/mol. The van der Waals surface area contributed by atoms with Crippen molar-refractivity contribution >= 4 is 27.6 Å². The summed E-state index contributed by atoms with van der Waals surface area (Å²) in [7, 11) is 3.30. The summed E-state index contributed by atoms with van der Waals surface area (Å²) in [4.78, 5) is 11.5. The molecule has 2 aromatic rings. The van der Waals surface area contributed by atoms with Gasteiger partial charge in [0.1, 0.15) is 0 Å². The summed E-state index contributed by atoms with van der Waals surface area (Å²) in [5.41, 5.74) is 3.77. The molecule has 2 bridgehead atoms. The van der Waals surface area contributed by atoms with Crippen molar-refractivity contribution in [3.05, 3.63) is 51.5 Å². The minimum atomic E-state index is -0.864. The third kappa shape index (κ3) is 2.83. The van der Waals surface area contributed by atoms with Crippen molar-refractivity contribution < 1.29 is 19.4 Å². The number of anilines is 1. The summed E-state index contributed by atoms with van der Waals surface area (Å²) in [5, 5.41) is 13.2. The maximum Gasteiger partial charge on any atom is 0.335 e. The molecule has 2 fully saturated rings. The number of halogens is 1. The summed E-state index contributed by atoms with van der Waals surface area (Å²) < 4.78 is 12.0. The lowest BCUT2D eigenvalue weighted by molar-refractivity contribution is 0.0696. The quantitative estimate of drug-likeness (QED) is 0.637. The lowest BCUT2D eigenvalue weighted by Gasteiger charge is -2.44. The number of hydrogen-bond acceptors (Lipinski definition) is 4. The van der Waals surface area contributed by atoms with E-state index >= 15 is 0 Å². The van der Waals surface area contributed by atoms with Gasteiger partial charge < -0.3 is 19.9 Å². The van der Waals surface area contributed by atoms with Crippen LogP contribution < -0.4 is 14.8 Å². The molecule has 5 nitrogen and oxygen atoms in total. The normalized spacial score (nSPS) is 29.0. The molecule has 1 heterocycles. The van der Waals surface area contributed by atoms with Crippen molar-refractivity contribution in [3.63, 3.8) is 0 Å². The lowest BCUT2D eigenvalue weighted by atomic mass is 9.68. The third-order valence-corrected chi connectivity index (χ3v) is 7.86. The molecule has 5 rings (SSSR count). The first-order valence-corrected chi connectivity index (χ1v) is 10.9. The maximum absolute atomic E-state index is 11.5. The molecule has 0 aromatic heterocycles. The summed E-state index contributed by atoms with van der Waals surface area (Å²) in [6, 6.07) is 9.71. The first kappa shape index (κ1) is 18.8. The average molecular weight is 458 g/mol. The number of fused-ring (bicyclic) bond motifs is 7. The zero-order valence-corrected chi connectivity index (χ0v) is 18.0. The maximum atomic E-state index is 11.5. The van der Waals surface area contributed by atoms with Gasteiger partial charge in [-0.15, -0.1) is 0 Å². The van der Waals surface area contributed by atoms with Crippen LogP contribution in [0, 0.1) is 17.8 Å². The molecule has 0 unspecified atom stereocenters. The minimum Gasteiger partial charge on any atom is -0.493 e. The Hall–Kier alpha value is -2.21. The van der Waals surface area contributed by atoms with Gasteiger partial charge in [-0.2, -0.15) is 0 Å². The van der Waals surface area contributed by atoms with Gasteiger partial charge in [0.2, 0.25) is 0 Å². The monoisotopic (exact) mass is 457 g/mol. The van der Waals surface area contributed by atoms with Crippen LogP contribution in [0.25, 0.3) is 0 Å². The molecule has 0 radical (unpaired) electrons. The van der Waals surface area contributed by atoms with Crippen molar-refractivity contribution in [2.45, 2.75) is 31.2 Å². The predicted octanol–water partition coefficient (Wildman–Crippen LogP) is 5.46. The Balaban J connectivity index is 1.63. The van der Waals surface area contributed by atoms with E-state index in [-0.39, 0.29) is 6.04 Å². The summed E-state index contributed by atoms with van der Waals surface area (Å²) in [6.07, 6.45) is 3.72. The number of carboxylic acids is 1. The van der Waals surface area contributed by atoms with Gasteiger partial charge in [-0.3, -0.25) is 0 Å². The fraction of sp³-hybridized carbons (Fsp3) is 0.435. The molecule has 0 amide bonds. The Morgan fingerprint density at radius 1 is 1.07 bits per heavy atom. The van der Waals surface area contributed by atoms with E-state index < -0.39 is 5.97 Å². The lowest BCUT2D eigenvalue weighted by Crippen LogP contribution is -2.35. The molecule has 5 atom stereocenters. The van der Waals surface area contributed by atoms with E-state index in [1.807, 2.05) is 18.2 Å². The highest BCUT2D eigenvalue weighted by Crippen LogP contribution is 2.64. The van der Waals surface area contributed by atoms with Gasteiger partial charge in [0.15, 0.2) is 11.5 Å². The second kappa shape index (κ2) is 6.94. The van der Waals surface area contributed by atoms with Crippen LogP contribution in [-0.2, 0) is 0 Å². The predicted molar refractivity (Wildman–Crippen MR) is 114 cm³/mol. The molecule has 2 N–H and O–H groups in total. The van der Waals surface area contributed by atoms with E-state index in [0.29, 0.717) is 35.0 Å². The van der Waals surface area contributed by atoms with Crippen LogP contribution in [0.3, 0.4) is 0 Å². The molecule has 2 aromatic carbocycles.